The Morgan fingerprint density at radius 1 is 1.04 bits per heavy atom. The smallest absolute Gasteiger partial charge is 0.254 e. The lowest BCUT2D eigenvalue weighted by Crippen LogP contribution is -2.41. The number of benzene rings is 2. The molecule has 4 N–H and O–H groups in total. The van der Waals surface area contributed by atoms with Crippen LogP contribution in [0.4, 0.5) is 4.39 Å². The van der Waals surface area contributed by atoms with Crippen molar-refractivity contribution in [3.8, 4) is 0 Å². The first kappa shape index (κ1) is 21.4. The molecule has 2 aromatic carbocycles. The number of nitrogens with zero attached hydrogens (tertiary/aromatic N) is 1. The molecular formula is C21H27FN4O2. The van der Waals surface area contributed by atoms with Gasteiger partial charge in [0.1, 0.15) is 5.82 Å². The summed E-state index contributed by atoms with van der Waals surface area (Å²) in [5.74, 6) is -0.487. The molecule has 7 heteroatoms. The number of rotatable bonds is 9. The van der Waals surface area contributed by atoms with E-state index in [9.17, 15) is 14.3 Å². The van der Waals surface area contributed by atoms with Gasteiger partial charge in [-0.2, -0.15) is 0 Å². The Hall–Kier alpha value is -2.93. The summed E-state index contributed by atoms with van der Waals surface area (Å²) in [5, 5.41) is 18.6. The van der Waals surface area contributed by atoms with Gasteiger partial charge in [0.15, 0.2) is 5.96 Å². The highest BCUT2D eigenvalue weighted by molar-refractivity contribution is 5.94. The van der Waals surface area contributed by atoms with Crippen molar-refractivity contribution in [1.29, 1.82) is 0 Å². The highest BCUT2D eigenvalue weighted by Gasteiger charge is 2.11. The molecule has 1 amide bonds. The molecule has 0 saturated heterocycles. The molecule has 0 aliphatic heterocycles. The highest BCUT2D eigenvalue weighted by atomic mass is 19.1. The van der Waals surface area contributed by atoms with Crippen LogP contribution in [0.5, 0.6) is 0 Å². The first-order chi connectivity index (χ1) is 13.7. The molecule has 28 heavy (non-hydrogen) atoms. The molecule has 2 aromatic rings. The van der Waals surface area contributed by atoms with Crippen molar-refractivity contribution >= 4 is 11.9 Å². The third-order valence-electron chi connectivity index (χ3n) is 4.13. The van der Waals surface area contributed by atoms with Crippen LogP contribution in [0.25, 0.3) is 0 Å². The number of aliphatic hydroxyl groups is 1. The third kappa shape index (κ3) is 6.66. The van der Waals surface area contributed by atoms with E-state index >= 15 is 0 Å². The SMILES string of the molecule is CCNC(=NCC(CO)c1ccccc1)NCCNC(=O)c1ccccc1F. The first-order valence-corrected chi connectivity index (χ1v) is 9.36. The van der Waals surface area contributed by atoms with Gasteiger partial charge in [0, 0.05) is 25.6 Å². The van der Waals surface area contributed by atoms with E-state index in [4.69, 9.17) is 0 Å². The van der Waals surface area contributed by atoms with Gasteiger partial charge in [-0.15, -0.1) is 0 Å². The fraction of sp³-hybridized carbons (Fsp3) is 0.333. The zero-order valence-corrected chi connectivity index (χ0v) is 16.0. The Morgan fingerprint density at radius 2 is 1.71 bits per heavy atom. The summed E-state index contributed by atoms with van der Waals surface area (Å²) in [6.45, 7) is 3.82. The van der Waals surface area contributed by atoms with E-state index in [1.165, 1.54) is 12.1 Å². The fourth-order valence-electron chi connectivity index (χ4n) is 2.63. The summed E-state index contributed by atoms with van der Waals surface area (Å²) in [4.78, 5) is 16.5. The lowest BCUT2D eigenvalue weighted by Gasteiger charge is -2.15. The average molecular weight is 386 g/mol. The molecule has 0 radical (unpaired) electrons. The van der Waals surface area contributed by atoms with Crippen LogP contribution in [0.15, 0.2) is 59.6 Å². The standard InChI is InChI=1S/C21H27FN4O2/c1-2-23-21(26-14-17(15-27)16-8-4-3-5-9-16)25-13-12-24-20(28)18-10-6-7-11-19(18)22/h3-11,17,27H,2,12-15H2,1H3,(H,24,28)(H2,23,25,26). The minimum atomic E-state index is -0.543. The van der Waals surface area contributed by atoms with E-state index in [0.29, 0.717) is 32.1 Å². The summed E-state index contributed by atoms with van der Waals surface area (Å²) in [7, 11) is 0. The van der Waals surface area contributed by atoms with Gasteiger partial charge in [0.05, 0.1) is 18.7 Å². The van der Waals surface area contributed by atoms with Gasteiger partial charge >= 0.3 is 0 Å². The Bertz CT molecular complexity index is 768. The highest BCUT2D eigenvalue weighted by Crippen LogP contribution is 2.14. The number of halogens is 1. The lowest BCUT2D eigenvalue weighted by molar-refractivity contribution is 0.0950. The number of carbonyl (C=O) groups excluding carboxylic acids is 1. The Morgan fingerprint density at radius 3 is 2.39 bits per heavy atom. The molecule has 1 atom stereocenters. The van der Waals surface area contributed by atoms with E-state index in [1.54, 1.807) is 12.1 Å². The van der Waals surface area contributed by atoms with Gasteiger partial charge in [-0.25, -0.2) is 4.39 Å². The van der Waals surface area contributed by atoms with Crippen molar-refractivity contribution < 1.29 is 14.3 Å². The van der Waals surface area contributed by atoms with Crippen LogP contribution in [-0.2, 0) is 0 Å². The van der Waals surface area contributed by atoms with Gasteiger partial charge in [0.2, 0.25) is 0 Å². The van der Waals surface area contributed by atoms with Crippen molar-refractivity contribution in [2.75, 3.05) is 32.8 Å². The molecule has 0 bridgehead atoms. The molecule has 1 unspecified atom stereocenters. The Kier molecular flexibility index (Phi) is 8.94. The number of hydrogen-bond acceptors (Lipinski definition) is 3. The minimum absolute atomic E-state index is 0.00557. The van der Waals surface area contributed by atoms with Gasteiger partial charge < -0.3 is 21.1 Å². The maximum atomic E-state index is 13.6. The van der Waals surface area contributed by atoms with Crippen molar-refractivity contribution in [1.82, 2.24) is 16.0 Å². The quantitative estimate of drug-likeness (QED) is 0.301. The molecule has 150 valence electrons. The fourth-order valence-corrected chi connectivity index (χ4v) is 2.63. The van der Waals surface area contributed by atoms with Crippen molar-refractivity contribution in [3.05, 3.63) is 71.5 Å². The molecule has 0 fully saturated rings. The third-order valence-corrected chi connectivity index (χ3v) is 4.13. The Balaban J connectivity index is 1.84. The molecule has 6 nitrogen and oxygen atoms in total. The van der Waals surface area contributed by atoms with Crippen LogP contribution in [-0.4, -0.2) is 49.8 Å². The summed E-state index contributed by atoms with van der Waals surface area (Å²) in [6.07, 6.45) is 0. The summed E-state index contributed by atoms with van der Waals surface area (Å²) >= 11 is 0. The zero-order chi connectivity index (χ0) is 20.2. The largest absolute Gasteiger partial charge is 0.396 e. The van der Waals surface area contributed by atoms with E-state index < -0.39 is 11.7 Å². The van der Waals surface area contributed by atoms with E-state index in [-0.39, 0.29) is 18.1 Å². The predicted molar refractivity (Wildman–Crippen MR) is 109 cm³/mol. The second-order valence-corrected chi connectivity index (χ2v) is 6.17. The molecular weight excluding hydrogens is 359 g/mol. The number of aliphatic hydroxyl groups excluding tert-OH is 1. The molecule has 0 spiro atoms. The number of nitrogens with one attached hydrogen (secondary N) is 3. The first-order valence-electron chi connectivity index (χ1n) is 9.36. The van der Waals surface area contributed by atoms with Crippen LogP contribution >= 0.6 is 0 Å². The summed E-state index contributed by atoms with van der Waals surface area (Å²) in [6, 6.07) is 15.6. The van der Waals surface area contributed by atoms with E-state index in [0.717, 1.165) is 5.56 Å². The van der Waals surface area contributed by atoms with Gasteiger partial charge in [-0.1, -0.05) is 42.5 Å². The van der Waals surface area contributed by atoms with Crippen LogP contribution in [0.1, 0.15) is 28.8 Å². The number of amides is 1. The van der Waals surface area contributed by atoms with Crippen molar-refractivity contribution in [2.45, 2.75) is 12.8 Å². The molecule has 0 saturated carbocycles. The Labute approximate surface area is 164 Å². The maximum absolute atomic E-state index is 13.6. The van der Waals surface area contributed by atoms with Crippen LogP contribution in [0.3, 0.4) is 0 Å². The molecule has 0 aromatic heterocycles. The topological polar surface area (TPSA) is 85.8 Å². The second-order valence-electron chi connectivity index (χ2n) is 6.17. The number of aliphatic imine (C=N–C) groups is 1. The summed E-state index contributed by atoms with van der Waals surface area (Å²) < 4.78 is 13.6. The monoisotopic (exact) mass is 386 g/mol. The molecule has 0 aliphatic carbocycles. The number of guanidine groups is 1. The van der Waals surface area contributed by atoms with Gasteiger partial charge in [0.25, 0.3) is 5.91 Å². The predicted octanol–water partition coefficient (Wildman–Crippen LogP) is 1.89. The van der Waals surface area contributed by atoms with Gasteiger partial charge in [-0.05, 0) is 24.6 Å². The normalized spacial score (nSPS) is 12.3. The van der Waals surface area contributed by atoms with Crippen LogP contribution in [0, 0.1) is 5.82 Å². The van der Waals surface area contributed by atoms with Crippen molar-refractivity contribution in [2.24, 2.45) is 4.99 Å². The van der Waals surface area contributed by atoms with Crippen LogP contribution in [0.2, 0.25) is 0 Å². The molecule has 2 rings (SSSR count). The maximum Gasteiger partial charge on any atom is 0.254 e. The van der Waals surface area contributed by atoms with E-state index in [2.05, 4.69) is 20.9 Å². The molecule has 0 aliphatic rings. The zero-order valence-electron chi connectivity index (χ0n) is 16.0. The molecule has 0 heterocycles. The lowest BCUT2D eigenvalue weighted by atomic mass is 10.0. The average Bonchev–Trinajstić information content (AvgIpc) is 2.72. The minimum Gasteiger partial charge on any atom is -0.396 e. The second kappa shape index (κ2) is 11.7. The van der Waals surface area contributed by atoms with E-state index in [1.807, 2.05) is 37.3 Å². The number of hydrogen-bond donors (Lipinski definition) is 4. The van der Waals surface area contributed by atoms with Crippen molar-refractivity contribution in [3.63, 3.8) is 0 Å². The summed E-state index contributed by atoms with van der Waals surface area (Å²) in [5.41, 5.74) is 1.05. The van der Waals surface area contributed by atoms with Crippen LogP contribution < -0.4 is 16.0 Å². The number of carbonyl (C=O) groups is 1. The van der Waals surface area contributed by atoms with Gasteiger partial charge in [-0.3, -0.25) is 9.79 Å².